The fourth-order valence-corrected chi connectivity index (χ4v) is 3.40. The van der Waals surface area contributed by atoms with Gasteiger partial charge in [-0.1, -0.05) is 60.2 Å². The summed E-state index contributed by atoms with van der Waals surface area (Å²) < 4.78 is 2.85. The van der Waals surface area contributed by atoms with Crippen LogP contribution in [0.1, 0.15) is 40.8 Å². The zero-order valence-electron chi connectivity index (χ0n) is 13.1. The number of nitrogens with zero attached hydrogens (tertiary/aromatic N) is 2. The zero-order chi connectivity index (χ0) is 15.8. The fraction of sp³-hybridized carbons (Fsp3) is 0.263. The van der Waals surface area contributed by atoms with E-state index in [9.17, 15) is 0 Å². The predicted octanol–water partition coefficient (Wildman–Crippen LogP) is 4.57. The molecule has 0 radical (unpaired) electrons. The summed E-state index contributed by atoms with van der Waals surface area (Å²) in [5, 5.41) is 7.49. The number of aromatic amines is 1. The van der Waals surface area contributed by atoms with Gasteiger partial charge in [0.2, 0.25) is 0 Å². The third-order valence-electron chi connectivity index (χ3n) is 4.60. The lowest BCUT2D eigenvalue weighted by molar-refractivity contribution is 0.712. The van der Waals surface area contributed by atoms with Crippen molar-refractivity contribution in [3.63, 3.8) is 0 Å². The van der Waals surface area contributed by atoms with E-state index < -0.39 is 0 Å². The first kappa shape index (κ1) is 14.4. The molecule has 3 aromatic rings. The van der Waals surface area contributed by atoms with Crippen LogP contribution >= 0.6 is 12.2 Å². The number of aromatic nitrogens is 3. The monoisotopic (exact) mass is 321 g/mol. The highest BCUT2D eigenvalue weighted by molar-refractivity contribution is 7.71. The van der Waals surface area contributed by atoms with Crippen LogP contribution in [-0.2, 0) is 6.54 Å². The van der Waals surface area contributed by atoms with Gasteiger partial charge in [0.25, 0.3) is 0 Å². The Labute approximate surface area is 141 Å². The van der Waals surface area contributed by atoms with E-state index in [4.69, 9.17) is 12.2 Å². The Morgan fingerprint density at radius 1 is 1.09 bits per heavy atom. The summed E-state index contributed by atoms with van der Waals surface area (Å²) in [6, 6.07) is 19.3. The molecule has 4 rings (SSSR count). The van der Waals surface area contributed by atoms with E-state index in [-0.39, 0.29) is 0 Å². The summed E-state index contributed by atoms with van der Waals surface area (Å²) >= 11 is 5.44. The van der Waals surface area contributed by atoms with E-state index in [0.717, 1.165) is 18.8 Å². The maximum atomic E-state index is 5.44. The Hall–Kier alpha value is -2.20. The number of H-pyrrole nitrogens is 1. The van der Waals surface area contributed by atoms with Crippen molar-refractivity contribution in [1.29, 1.82) is 0 Å². The molecule has 2 atom stereocenters. The van der Waals surface area contributed by atoms with Crippen LogP contribution in [0.2, 0.25) is 0 Å². The van der Waals surface area contributed by atoms with Gasteiger partial charge < -0.3 is 0 Å². The molecule has 0 bridgehead atoms. The van der Waals surface area contributed by atoms with Crippen LogP contribution < -0.4 is 0 Å². The summed E-state index contributed by atoms with van der Waals surface area (Å²) in [6.45, 7) is 2.90. The molecule has 23 heavy (non-hydrogen) atoms. The molecule has 4 heteroatoms. The molecule has 1 N–H and O–H groups in total. The molecule has 0 spiro atoms. The summed E-state index contributed by atoms with van der Waals surface area (Å²) in [7, 11) is 0. The highest BCUT2D eigenvalue weighted by atomic mass is 32.1. The minimum atomic E-state index is 0.467. The lowest BCUT2D eigenvalue weighted by Gasteiger charge is -2.07. The molecule has 0 amide bonds. The number of benzene rings is 2. The summed E-state index contributed by atoms with van der Waals surface area (Å²) in [5.74, 6) is 2.12. The third-order valence-corrected chi connectivity index (χ3v) is 4.91. The van der Waals surface area contributed by atoms with E-state index in [1.54, 1.807) is 0 Å². The van der Waals surface area contributed by atoms with Crippen LogP contribution in [0.25, 0.3) is 0 Å². The van der Waals surface area contributed by atoms with Crippen LogP contribution in [-0.4, -0.2) is 14.8 Å². The van der Waals surface area contributed by atoms with Crippen LogP contribution in [0, 0.1) is 11.7 Å². The van der Waals surface area contributed by atoms with Crippen molar-refractivity contribution in [2.24, 2.45) is 0 Å². The zero-order valence-corrected chi connectivity index (χ0v) is 13.9. The fourth-order valence-electron chi connectivity index (χ4n) is 3.19. The molecule has 2 aromatic carbocycles. The van der Waals surface area contributed by atoms with Crippen molar-refractivity contribution in [2.75, 3.05) is 0 Å². The minimum Gasteiger partial charge on any atom is -0.299 e. The van der Waals surface area contributed by atoms with Crippen molar-refractivity contribution in [3.8, 4) is 0 Å². The van der Waals surface area contributed by atoms with Crippen molar-refractivity contribution < 1.29 is 0 Å². The number of hydrogen-bond acceptors (Lipinski definition) is 2. The van der Waals surface area contributed by atoms with Gasteiger partial charge in [0.15, 0.2) is 4.77 Å². The molecule has 1 saturated carbocycles. The molecule has 1 aliphatic carbocycles. The quantitative estimate of drug-likeness (QED) is 0.714. The highest BCUT2D eigenvalue weighted by Crippen LogP contribution is 2.54. The summed E-state index contributed by atoms with van der Waals surface area (Å²) in [5.41, 5.74) is 3.96. The van der Waals surface area contributed by atoms with Gasteiger partial charge in [-0.05, 0) is 42.6 Å². The maximum Gasteiger partial charge on any atom is 0.195 e. The molecule has 0 saturated heterocycles. The molecular formula is C19H19N3S. The maximum absolute atomic E-state index is 5.44. The van der Waals surface area contributed by atoms with E-state index in [0.29, 0.717) is 16.6 Å². The standard InChI is InChI=1S/C19H19N3S/c1-13-7-9-15(10-8-13)16-11-17(16)18-20-21-19(23)22(18)12-14-5-3-2-4-6-14/h2-10,16-17H,11-12H2,1H3,(H,21,23)/t16-,17-/m1/s1. The second-order valence-electron chi connectivity index (χ2n) is 6.32. The van der Waals surface area contributed by atoms with Gasteiger partial charge in [-0.2, -0.15) is 5.10 Å². The lowest BCUT2D eigenvalue weighted by Crippen LogP contribution is -2.05. The average Bonchev–Trinajstić information content (AvgIpc) is 3.28. The number of aryl methyl sites for hydroxylation is 1. The van der Waals surface area contributed by atoms with Gasteiger partial charge in [-0.25, -0.2) is 0 Å². The molecule has 3 nitrogen and oxygen atoms in total. The van der Waals surface area contributed by atoms with Crippen molar-refractivity contribution in [3.05, 3.63) is 81.9 Å². The van der Waals surface area contributed by atoms with E-state index in [2.05, 4.69) is 70.2 Å². The van der Waals surface area contributed by atoms with E-state index >= 15 is 0 Å². The smallest absolute Gasteiger partial charge is 0.195 e. The largest absolute Gasteiger partial charge is 0.299 e. The van der Waals surface area contributed by atoms with Crippen LogP contribution in [0.3, 0.4) is 0 Å². The minimum absolute atomic E-state index is 0.467. The van der Waals surface area contributed by atoms with Crippen molar-refractivity contribution in [1.82, 2.24) is 14.8 Å². The SMILES string of the molecule is Cc1ccc([C@H]2C[C@H]2c2n[nH]c(=S)n2Cc2ccccc2)cc1. The normalized spacial score (nSPS) is 19.7. The number of hydrogen-bond donors (Lipinski definition) is 1. The molecular weight excluding hydrogens is 302 g/mol. The first-order valence-corrected chi connectivity index (χ1v) is 8.39. The van der Waals surface area contributed by atoms with Gasteiger partial charge in [0, 0.05) is 5.92 Å². The second-order valence-corrected chi connectivity index (χ2v) is 6.70. The van der Waals surface area contributed by atoms with Gasteiger partial charge in [0.05, 0.1) is 6.54 Å². The topological polar surface area (TPSA) is 33.6 Å². The first-order chi connectivity index (χ1) is 11.2. The van der Waals surface area contributed by atoms with Gasteiger partial charge >= 0.3 is 0 Å². The van der Waals surface area contributed by atoms with Gasteiger partial charge in [0.1, 0.15) is 5.82 Å². The molecule has 1 aromatic heterocycles. The Morgan fingerprint density at radius 3 is 2.57 bits per heavy atom. The van der Waals surface area contributed by atoms with Crippen molar-refractivity contribution >= 4 is 12.2 Å². The van der Waals surface area contributed by atoms with Gasteiger partial charge in [-0.3, -0.25) is 9.67 Å². The van der Waals surface area contributed by atoms with Crippen LogP contribution in [0.5, 0.6) is 0 Å². The Morgan fingerprint density at radius 2 is 1.83 bits per heavy atom. The summed E-state index contributed by atoms with van der Waals surface area (Å²) in [6.07, 6.45) is 1.15. The van der Waals surface area contributed by atoms with Gasteiger partial charge in [-0.15, -0.1) is 0 Å². The average molecular weight is 321 g/mol. The number of rotatable bonds is 4. The first-order valence-electron chi connectivity index (χ1n) is 7.98. The molecule has 1 heterocycles. The third kappa shape index (κ3) is 2.86. The predicted molar refractivity (Wildman–Crippen MR) is 94.2 cm³/mol. The molecule has 0 aliphatic heterocycles. The second kappa shape index (κ2) is 5.78. The highest BCUT2D eigenvalue weighted by Gasteiger charge is 2.42. The Bertz CT molecular complexity index is 862. The Balaban J connectivity index is 1.59. The molecule has 1 fully saturated rings. The van der Waals surface area contributed by atoms with E-state index in [1.165, 1.54) is 16.7 Å². The summed E-state index contributed by atoms with van der Waals surface area (Å²) in [4.78, 5) is 0. The lowest BCUT2D eigenvalue weighted by atomic mass is 10.1. The van der Waals surface area contributed by atoms with E-state index in [1.807, 2.05) is 6.07 Å². The number of nitrogens with one attached hydrogen (secondary N) is 1. The molecule has 1 aliphatic rings. The molecule has 116 valence electrons. The molecule has 0 unspecified atom stereocenters. The van der Waals surface area contributed by atoms with Crippen LogP contribution in [0.15, 0.2) is 54.6 Å². The Kier molecular flexibility index (Phi) is 3.62. The van der Waals surface area contributed by atoms with Crippen LogP contribution in [0.4, 0.5) is 0 Å². The van der Waals surface area contributed by atoms with Crippen molar-refractivity contribution in [2.45, 2.75) is 31.7 Å².